The fraction of sp³-hybridized carbons (Fsp3) is 0.250. The molecule has 1 heterocycles. The van der Waals surface area contributed by atoms with E-state index in [2.05, 4.69) is 4.98 Å². The van der Waals surface area contributed by atoms with Gasteiger partial charge < -0.3 is 14.6 Å². The van der Waals surface area contributed by atoms with Gasteiger partial charge in [0, 0.05) is 23.2 Å². The maximum absolute atomic E-state index is 10.2. The van der Waals surface area contributed by atoms with Crippen LogP contribution in [0, 0.1) is 0 Å². The highest BCUT2D eigenvalue weighted by atomic mass is 32.1. The normalized spacial score (nSPS) is 12.2. The van der Waals surface area contributed by atoms with Gasteiger partial charge in [0.1, 0.15) is 22.6 Å². The van der Waals surface area contributed by atoms with Crippen LogP contribution in [0.4, 0.5) is 0 Å². The molecule has 0 bridgehead atoms. The molecule has 1 N–H and O–H groups in total. The van der Waals surface area contributed by atoms with E-state index in [-0.39, 0.29) is 0 Å². The molecule has 1 atom stereocenters. The smallest absolute Gasteiger partial charge is 0.134 e. The van der Waals surface area contributed by atoms with Crippen LogP contribution in [-0.2, 0) is 0 Å². The van der Waals surface area contributed by atoms with E-state index < -0.39 is 6.10 Å². The summed E-state index contributed by atoms with van der Waals surface area (Å²) in [5.41, 5.74) is 0.684. The minimum Gasteiger partial charge on any atom is -0.497 e. The van der Waals surface area contributed by atoms with Crippen molar-refractivity contribution < 1.29 is 14.6 Å². The lowest BCUT2D eigenvalue weighted by molar-refractivity contribution is 0.214. The van der Waals surface area contributed by atoms with E-state index in [0.29, 0.717) is 22.1 Å². The lowest BCUT2D eigenvalue weighted by Gasteiger charge is -2.13. The number of hydrogen-bond acceptors (Lipinski definition) is 5. The summed E-state index contributed by atoms with van der Waals surface area (Å²) in [6, 6.07) is 5.31. The van der Waals surface area contributed by atoms with E-state index in [1.165, 1.54) is 11.3 Å². The minimum atomic E-state index is -0.768. The predicted molar refractivity (Wildman–Crippen MR) is 65.7 cm³/mol. The van der Waals surface area contributed by atoms with Gasteiger partial charge in [0.15, 0.2) is 0 Å². The van der Waals surface area contributed by atoms with Crippen LogP contribution in [0.3, 0.4) is 0 Å². The van der Waals surface area contributed by atoms with Gasteiger partial charge in [0.25, 0.3) is 0 Å². The first-order valence-corrected chi connectivity index (χ1v) is 5.93. The Labute approximate surface area is 103 Å². The largest absolute Gasteiger partial charge is 0.497 e. The quantitative estimate of drug-likeness (QED) is 0.905. The molecule has 0 aliphatic rings. The van der Waals surface area contributed by atoms with E-state index in [4.69, 9.17) is 9.47 Å². The van der Waals surface area contributed by atoms with Crippen LogP contribution in [0.1, 0.15) is 16.7 Å². The Balaban J connectivity index is 2.38. The van der Waals surface area contributed by atoms with Gasteiger partial charge in [-0.05, 0) is 12.1 Å². The van der Waals surface area contributed by atoms with Gasteiger partial charge in [0.05, 0.1) is 14.2 Å². The second-order valence-electron chi connectivity index (χ2n) is 3.38. The van der Waals surface area contributed by atoms with Crippen molar-refractivity contribution in [3.8, 4) is 11.5 Å². The van der Waals surface area contributed by atoms with Crippen molar-refractivity contribution in [2.75, 3.05) is 14.2 Å². The molecule has 0 amide bonds. The van der Waals surface area contributed by atoms with Crippen molar-refractivity contribution in [2.45, 2.75) is 6.10 Å². The molecule has 1 aromatic heterocycles. The first-order valence-electron chi connectivity index (χ1n) is 5.05. The first-order chi connectivity index (χ1) is 8.26. The van der Waals surface area contributed by atoms with Gasteiger partial charge in [-0.3, -0.25) is 0 Å². The Morgan fingerprint density at radius 1 is 1.29 bits per heavy atom. The van der Waals surface area contributed by atoms with Gasteiger partial charge in [-0.2, -0.15) is 0 Å². The molecular formula is C12H13NO3S. The summed E-state index contributed by atoms with van der Waals surface area (Å²) in [4.78, 5) is 4.09. The van der Waals surface area contributed by atoms with Gasteiger partial charge in [-0.1, -0.05) is 0 Å². The number of nitrogens with zero attached hydrogens (tertiary/aromatic N) is 1. The molecule has 0 saturated carbocycles. The zero-order valence-electron chi connectivity index (χ0n) is 9.58. The highest BCUT2D eigenvalue weighted by Gasteiger charge is 2.18. The SMILES string of the molecule is COc1ccc(C(O)c2nccs2)c(OC)c1. The van der Waals surface area contributed by atoms with Crippen molar-refractivity contribution in [3.05, 3.63) is 40.3 Å². The molecular weight excluding hydrogens is 238 g/mol. The van der Waals surface area contributed by atoms with E-state index in [1.807, 2.05) is 5.38 Å². The van der Waals surface area contributed by atoms with Crippen LogP contribution in [0.2, 0.25) is 0 Å². The number of aliphatic hydroxyl groups is 1. The molecule has 1 aromatic carbocycles. The fourth-order valence-corrected chi connectivity index (χ4v) is 2.19. The Morgan fingerprint density at radius 3 is 2.71 bits per heavy atom. The Hall–Kier alpha value is -1.59. The van der Waals surface area contributed by atoms with Gasteiger partial charge in [0.2, 0.25) is 0 Å². The Kier molecular flexibility index (Phi) is 3.61. The Bertz CT molecular complexity index is 485. The van der Waals surface area contributed by atoms with Gasteiger partial charge in [-0.25, -0.2) is 4.98 Å². The first kappa shape index (κ1) is 11.9. The monoisotopic (exact) mass is 251 g/mol. The zero-order chi connectivity index (χ0) is 12.3. The standard InChI is InChI=1S/C12H13NO3S/c1-15-8-3-4-9(10(7-8)16-2)11(14)12-13-5-6-17-12/h3-7,11,14H,1-2H3. The summed E-state index contributed by atoms with van der Waals surface area (Å²) in [7, 11) is 3.15. The third kappa shape index (κ3) is 2.40. The second-order valence-corrected chi connectivity index (χ2v) is 4.31. The summed E-state index contributed by atoms with van der Waals surface area (Å²) >= 11 is 1.41. The molecule has 1 unspecified atom stereocenters. The maximum atomic E-state index is 10.2. The number of rotatable bonds is 4. The van der Waals surface area contributed by atoms with Crippen LogP contribution >= 0.6 is 11.3 Å². The minimum absolute atomic E-state index is 0.590. The summed E-state index contributed by atoms with van der Waals surface area (Å²) < 4.78 is 10.4. The third-order valence-corrected chi connectivity index (χ3v) is 3.25. The molecule has 0 aliphatic carbocycles. The molecule has 90 valence electrons. The number of aliphatic hydroxyl groups excluding tert-OH is 1. The molecule has 0 spiro atoms. The lowest BCUT2D eigenvalue weighted by Crippen LogP contribution is -2.02. The third-order valence-electron chi connectivity index (χ3n) is 2.42. The van der Waals surface area contributed by atoms with Crippen LogP contribution in [0.25, 0.3) is 0 Å². The number of aromatic nitrogens is 1. The topological polar surface area (TPSA) is 51.6 Å². The van der Waals surface area contributed by atoms with Crippen molar-refractivity contribution in [2.24, 2.45) is 0 Å². The molecule has 2 aromatic rings. The predicted octanol–water partition coefficient (Wildman–Crippen LogP) is 2.24. The lowest BCUT2D eigenvalue weighted by atomic mass is 10.1. The maximum Gasteiger partial charge on any atom is 0.134 e. The zero-order valence-corrected chi connectivity index (χ0v) is 10.4. The molecule has 0 fully saturated rings. The summed E-state index contributed by atoms with van der Waals surface area (Å²) in [6.07, 6.45) is 0.898. The average molecular weight is 251 g/mol. The van der Waals surface area contributed by atoms with Crippen molar-refractivity contribution in [1.82, 2.24) is 4.98 Å². The highest BCUT2D eigenvalue weighted by molar-refractivity contribution is 7.09. The molecule has 0 saturated heterocycles. The number of thiazole rings is 1. The van der Waals surface area contributed by atoms with Crippen molar-refractivity contribution >= 4 is 11.3 Å². The number of hydrogen-bond donors (Lipinski definition) is 1. The van der Waals surface area contributed by atoms with E-state index in [0.717, 1.165) is 0 Å². The average Bonchev–Trinajstić information content (AvgIpc) is 2.91. The van der Waals surface area contributed by atoms with Crippen LogP contribution in [0.15, 0.2) is 29.8 Å². The second kappa shape index (κ2) is 5.16. The van der Waals surface area contributed by atoms with Crippen molar-refractivity contribution in [3.63, 3.8) is 0 Å². The summed E-state index contributed by atoms with van der Waals surface area (Å²) in [5.74, 6) is 1.28. The van der Waals surface area contributed by atoms with E-state index in [9.17, 15) is 5.11 Å². The fourth-order valence-electron chi connectivity index (χ4n) is 1.55. The number of benzene rings is 1. The molecule has 2 rings (SSSR count). The molecule has 0 aliphatic heterocycles. The summed E-state index contributed by atoms with van der Waals surface area (Å²) in [6.45, 7) is 0. The Morgan fingerprint density at radius 2 is 2.12 bits per heavy atom. The van der Waals surface area contributed by atoms with E-state index in [1.54, 1.807) is 38.6 Å². The number of ether oxygens (including phenoxy) is 2. The van der Waals surface area contributed by atoms with Crippen LogP contribution in [-0.4, -0.2) is 24.3 Å². The van der Waals surface area contributed by atoms with Gasteiger partial charge in [-0.15, -0.1) is 11.3 Å². The number of methoxy groups -OCH3 is 2. The van der Waals surface area contributed by atoms with Crippen LogP contribution < -0.4 is 9.47 Å². The molecule has 17 heavy (non-hydrogen) atoms. The van der Waals surface area contributed by atoms with Crippen LogP contribution in [0.5, 0.6) is 11.5 Å². The molecule has 5 heteroatoms. The highest BCUT2D eigenvalue weighted by Crippen LogP contribution is 2.33. The van der Waals surface area contributed by atoms with Gasteiger partial charge >= 0.3 is 0 Å². The molecule has 0 radical (unpaired) electrons. The molecule has 4 nitrogen and oxygen atoms in total. The van der Waals surface area contributed by atoms with Crippen molar-refractivity contribution in [1.29, 1.82) is 0 Å². The summed E-state index contributed by atoms with van der Waals surface area (Å²) in [5, 5.41) is 12.7. The van der Waals surface area contributed by atoms with E-state index >= 15 is 0 Å².